The van der Waals surface area contributed by atoms with Gasteiger partial charge in [0.1, 0.15) is 11.6 Å². The monoisotopic (exact) mass is 357 g/mol. The van der Waals surface area contributed by atoms with Crippen molar-refractivity contribution in [1.29, 1.82) is 0 Å². The van der Waals surface area contributed by atoms with Crippen LogP contribution in [0.3, 0.4) is 0 Å². The van der Waals surface area contributed by atoms with Crippen molar-refractivity contribution >= 4 is 5.82 Å². The summed E-state index contributed by atoms with van der Waals surface area (Å²) in [4.78, 5) is 14.8. The van der Waals surface area contributed by atoms with Crippen LogP contribution < -0.4 is 10.2 Å². The summed E-state index contributed by atoms with van der Waals surface area (Å²) < 4.78 is 0. The number of anilines is 1. The Hall–Kier alpha value is -1.20. The zero-order valence-electron chi connectivity index (χ0n) is 16.4. The Bertz CT molecular complexity index is 568. The topological polar surface area (TPSA) is 44.3 Å². The Kier molecular flexibility index (Phi) is 6.05. The van der Waals surface area contributed by atoms with Crippen LogP contribution in [0.2, 0.25) is 0 Å². The Morgan fingerprint density at radius 2 is 1.58 bits per heavy atom. The van der Waals surface area contributed by atoms with E-state index in [0.29, 0.717) is 5.92 Å². The lowest BCUT2D eigenvalue weighted by Gasteiger charge is -2.39. The molecule has 0 atom stereocenters. The van der Waals surface area contributed by atoms with Crippen LogP contribution in [0.15, 0.2) is 6.07 Å². The van der Waals surface area contributed by atoms with E-state index in [0.717, 1.165) is 38.0 Å². The minimum absolute atomic E-state index is 0.603. The van der Waals surface area contributed by atoms with E-state index < -0.39 is 0 Å². The average Bonchev–Trinajstić information content (AvgIpc) is 2.98. The fourth-order valence-electron chi connectivity index (χ4n) is 4.98. The molecule has 0 spiro atoms. The molecule has 5 heteroatoms. The summed E-state index contributed by atoms with van der Waals surface area (Å²) in [6, 6.07) is 3.08. The van der Waals surface area contributed by atoms with Gasteiger partial charge in [0, 0.05) is 36.8 Å². The molecule has 4 rings (SSSR count). The number of hydrogen-bond donors (Lipinski definition) is 1. The van der Waals surface area contributed by atoms with Crippen molar-refractivity contribution in [2.45, 2.75) is 70.3 Å². The zero-order valence-corrected chi connectivity index (χ0v) is 16.4. The summed E-state index contributed by atoms with van der Waals surface area (Å²) in [7, 11) is 0. The number of hydrogen-bond acceptors (Lipinski definition) is 5. The summed E-state index contributed by atoms with van der Waals surface area (Å²) in [5.41, 5.74) is 1.27. The highest BCUT2D eigenvalue weighted by atomic mass is 15.2. The van der Waals surface area contributed by atoms with Crippen molar-refractivity contribution < 1.29 is 0 Å². The highest BCUT2D eigenvalue weighted by Crippen LogP contribution is 2.28. The standard InChI is InChI=1S/C21H35N5/c1-17-23-20(18-6-10-22-11-7-18)16-21(24-17)26-14-8-19(9-15-26)25-12-4-2-3-5-13-25/h16,18-19,22H,2-15H2,1H3. The highest BCUT2D eigenvalue weighted by molar-refractivity contribution is 5.41. The lowest BCUT2D eigenvalue weighted by molar-refractivity contribution is 0.175. The molecule has 0 bridgehead atoms. The van der Waals surface area contributed by atoms with E-state index in [1.807, 2.05) is 0 Å². The first kappa shape index (κ1) is 18.2. The SMILES string of the molecule is Cc1nc(C2CCNCC2)cc(N2CCC(N3CCCCCC3)CC2)n1. The van der Waals surface area contributed by atoms with Gasteiger partial charge >= 0.3 is 0 Å². The van der Waals surface area contributed by atoms with Crippen LogP contribution in [0.4, 0.5) is 5.82 Å². The first-order chi connectivity index (χ1) is 12.8. The lowest BCUT2D eigenvalue weighted by Crippen LogP contribution is -2.45. The quantitative estimate of drug-likeness (QED) is 0.900. The Morgan fingerprint density at radius 3 is 2.27 bits per heavy atom. The van der Waals surface area contributed by atoms with Crippen molar-refractivity contribution in [3.05, 3.63) is 17.6 Å². The van der Waals surface area contributed by atoms with Gasteiger partial charge in [0.2, 0.25) is 0 Å². The molecule has 26 heavy (non-hydrogen) atoms. The lowest BCUT2D eigenvalue weighted by atomic mass is 9.94. The maximum atomic E-state index is 4.79. The second-order valence-corrected chi connectivity index (χ2v) is 8.39. The van der Waals surface area contributed by atoms with Crippen molar-refractivity contribution in [2.24, 2.45) is 0 Å². The van der Waals surface area contributed by atoms with E-state index in [1.165, 1.54) is 76.0 Å². The number of aryl methyl sites for hydroxylation is 1. The van der Waals surface area contributed by atoms with Crippen LogP contribution >= 0.6 is 0 Å². The van der Waals surface area contributed by atoms with Gasteiger partial charge in [0.25, 0.3) is 0 Å². The number of nitrogens with one attached hydrogen (secondary N) is 1. The molecule has 3 saturated heterocycles. The van der Waals surface area contributed by atoms with Crippen LogP contribution in [-0.4, -0.2) is 60.2 Å². The maximum absolute atomic E-state index is 4.79. The fraction of sp³-hybridized carbons (Fsp3) is 0.810. The molecular weight excluding hydrogens is 322 g/mol. The molecule has 144 valence electrons. The van der Waals surface area contributed by atoms with Gasteiger partial charge in [-0.05, 0) is 71.6 Å². The molecule has 0 amide bonds. The van der Waals surface area contributed by atoms with Crippen LogP contribution in [0.5, 0.6) is 0 Å². The van der Waals surface area contributed by atoms with Gasteiger partial charge in [-0.25, -0.2) is 9.97 Å². The molecule has 1 aromatic rings. The van der Waals surface area contributed by atoms with Gasteiger partial charge < -0.3 is 15.1 Å². The van der Waals surface area contributed by atoms with Crippen LogP contribution in [0, 0.1) is 6.92 Å². The van der Waals surface area contributed by atoms with Crippen molar-refractivity contribution in [2.75, 3.05) is 44.2 Å². The Labute approximate surface area is 158 Å². The van der Waals surface area contributed by atoms with Gasteiger partial charge in [0.15, 0.2) is 0 Å². The van der Waals surface area contributed by atoms with E-state index in [1.54, 1.807) is 0 Å². The molecule has 0 aromatic carbocycles. The third-order valence-corrected chi connectivity index (χ3v) is 6.55. The third-order valence-electron chi connectivity index (χ3n) is 6.55. The van der Waals surface area contributed by atoms with Gasteiger partial charge in [-0.1, -0.05) is 12.8 Å². The first-order valence-corrected chi connectivity index (χ1v) is 10.8. The van der Waals surface area contributed by atoms with E-state index in [2.05, 4.69) is 28.1 Å². The predicted octanol–water partition coefficient (Wildman–Crippen LogP) is 3.10. The number of nitrogens with zero attached hydrogens (tertiary/aromatic N) is 4. The predicted molar refractivity (Wildman–Crippen MR) is 107 cm³/mol. The summed E-state index contributed by atoms with van der Waals surface area (Å²) in [6.45, 7) is 9.20. The largest absolute Gasteiger partial charge is 0.356 e. The van der Waals surface area contributed by atoms with Crippen molar-refractivity contribution in [3.63, 3.8) is 0 Å². The van der Waals surface area contributed by atoms with Gasteiger partial charge in [-0.2, -0.15) is 0 Å². The second-order valence-electron chi connectivity index (χ2n) is 8.39. The molecule has 5 nitrogen and oxygen atoms in total. The van der Waals surface area contributed by atoms with E-state index in [-0.39, 0.29) is 0 Å². The smallest absolute Gasteiger partial charge is 0.132 e. The summed E-state index contributed by atoms with van der Waals surface area (Å²) in [5, 5.41) is 3.46. The molecular formula is C21H35N5. The molecule has 3 aliphatic heterocycles. The average molecular weight is 358 g/mol. The van der Waals surface area contributed by atoms with Crippen molar-refractivity contribution in [3.8, 4) is 0 Å². The molecule has 0 radical (unpaired) electrons. The summed E-state index contributed by atoms with van der Waals surface area (Å²) in [6.07, 6.45) is 10.6. The molecule has 4 heterocycles. The number of rotatable bonds is 3. The molecule has 3 aliphatic rings. The minimum Gasteiger partial charge on any atom is -0.356 e. The molecule has 1 N–H and O–H groups in total. The van der Waals surface area contributed by atoms with Gasteiger partial charge in [-0.15, -0.1) is 0 Å². The fourth-order valence-corrected chi connectivity index (χ4v) is 4.98. The summed E-state index contributed by atoms with van der Waals surface area (Å²) in [5.74, 6) is 2.71. The zero-order chi connectivity index (χ0) is 17.8. The maximum Gasteiger partial charge on any atom is 0.132 e. The van der Waals surface area contributed by atoms with Crippen LogP contribution in [0.25, 0.3) is 0 Å². The van der Waals surface area contributed by atoms with Crippen LogP contribution in [0.1, 0.15) is 68.8 Å². The summed E-state index contributed by atoms with van der Waals surface area (Å²) >= 11 is 0. The van der Waals surface area contributed by atoms with Gasteiger partial charge in [-0.3, -0.25) is 0 Å². The second kappa shape index (κ2) is 8.66. The number of aromatic nitrogens is 2. The Balaban J connectivity index is 1.39. The minimum atomic E-state index is 0.603. The van der Waals surface area contributed by atoms with E-state index in [9.17, 15) is 0 Å². The normalized spacial score (nSPS) is 24.6. The van der Waals surface area contributed by atoms with Crippen LogP contribution in [-0.2, 0) is 0 Å². The third kappa shape index (κ3) is 4.37. The Morgan fingerprint density at radius 1 is 0.885 bits per heavy atom. The molecule has 0 unspecified atom stereocenters. The van der Waals surface area contributed by atoms with Crippen molar-refractivity contribution in [1.82, 2.24) is 20.2 Å². The molecule has 1 aromatic heterocycles. The van der Waals surface area contributed by atoms with E-state index in [4.69, 9.17) is 9.97 Å². The number of piperidine rings is 2. The van der Waals surface area contributed by atoms with E-state index >= 15 is 0 Å². The molecule has 0 aliphatic carbocycles. The molecule has 3 fully saturated rings. The first-order valence-electron chi connectivity index (χ1n) is 10.8. The highest BCUT2D eigenvalue weighted by Gasteiger charge is 2.26. The van der Waals surface area contributed by atoms with Gasteiger partial charge in [0.05, 0.1) is 0 Å². The molecule has 0 saturated carbocycles. The number of likely N-dealkylation sites (tertiary alicyclic amines) is 1.